The van der Waals surface area contributed by atoms with Gasteiger partial charge in [-0.2, -0.15) is 0 Å². The van der Waals surface area contributed by atoms with E-state index in [0.29, 0.717) is 0 Å². The van der Waals surface area contributed by atoms with E-state index >= 15 is 0 Å². The smallest absolute Gasteiger partial charge is 0.292 e. The van der Waals surface area contributed by atoms with Crippen molar-refractivity contribution >= 4 is 28.6 Å². The Bertz CT molecular complexity index is 640. The predicted molar refractivity (Wildman–Crippen MR) is 77.7 cm³/mol. The second-order valence-electron chi connectivity index (χ2n) is 4.21. The highest BCUT2D eigenvalue weighted by Gasteiger charge is 2.20. The molecule has 0 spiro atoms. The van der Waals surface area contributed by atoms with Crippen molar-refractivity contribution in [1.82, 2.24) is 5.32 Å². The Labute approximate surface area is 119 Å². The summed E-state index contributed by atoms with van der Waals surface area (Å²) in [4.78, 5) is 23.3. The summed E-state index contributed by atoms with van der Waals surface area (Å²) in [5, 5.41) is 15.5. The number of anilines is 1. The molecule has 1 heterocycles. The number of nitrogens with two attached hydrogens (primary N) is 1. The summed E-state index contributed by atoms with van der Waals surface area (Å²) in [5.74, 6) is -0.424. The van der Waals surface area contributed by atoms with E-state index < -0.39 is 10.8 Å². The Morgan fingerprint density at radius 1 is 1.40 bits per heavy atom. The van der Waals surface area contributed by atoms with Gasteiger partial charge in [0.25, 0.3) is 11.6 Å². The molecule has 2 aromatic rings. The maximum Gasteiger partial charge on any atom is 0.292 e. The number of nitrogen functional groups attached to an aromatic ring is 1. The van der Waals surface area contributed by atoms with Crippen LogP contribution in [0.25, 0.3) is 0 Å². The van der Waals surface area contributed by atoms with Crippen LogP contribution in [0.5, 0.6) is 0 Å². The van der Waals surface area contributed by atoms with Gasteiger partial charge in [0.05, 0.1) is 16.5 Å². The third kappa shape index (κ3) is 2.77. The zero-order valence-electron chi connectivity index (χ0n) is 10.7. The molecule has 1 aromatic heterocycles. The molecule has 2 rings (SSSR count). The number of hydrogen-bond donors (Lipinski definition) is 2. The topological polar surface area (TPSA) is 98.3 Å². The van der Waals surface area contributed by atoms with Crippen molar-refractivity contribution in [3.05, 3.63) is 56.3 Å². The van der Waals surface area contributed by atoms with Gasteiger partial charge in [-0.25, -0.2) is 0 Å². The molecule has 0 saturated heterocycles. The number of thiophene rings is 1. The molecule has 1 amide bonds. The number of rotatable bonds is 4. The summed E-state index contributed by atoms with van der Waals surface area (Å²) in [6.07, 6.45) is 0. The number of amides is 1. The lowest BCUT2D eigenvalue weighted by molar-refractivity contribution is -0.383. The molecule has 0 aliphatic carbocycles. The minimum Gasteiger partial charge on any atom is -0.393 e. The van der Waals surface area contributed by atoms with E-state index in [0.717, 1.165) is 4.88 Å². The summed E-state index contributed by atoms with van der Waals surface area (Å²) in [7, 11) is 0. The average Bonchev–Trinajstić information content (AvgIpc) is 2.92. The molecule has 0 fully saturated rings. The van der Waals surface area contributed by atoms with Crippen LogP contribution in [0, 0.1) is 10.1 Å². The average molecular weight is 291 g/mol. The Hall–Kier alpha value is -2.41. The standard InChI is InChI=1S/C13H13N3O3S/c1-8(11-6-3-7-20-11)15-13(17)9-4-2-5-10(12(9)14)16(18)19/h2-8H,14H2,1H3,(H,15,17). The Balaban J connectivity index is 2.22. The zero-order valence-corrected chi connectivity index (χ0v) is 11.5. The van der Waals surface area contributed by atoms with Gasteiger partial charge in [-0.05, 0) is 24.4 Å². The molecule has 1 aromatic carbocycles. The number of benzene rings is 1. The molecule has 1 unspecified atom stereocenters. The number of nitro groups is 1. The maximum atomic E-state index is 12.1. The molecule has 1 atom stereocenters. The Morgan fingerprint density at radius 3 is 2.75 bits per heavy atom. The highest BCUT2D eigenvalue weighted by molar-refractivity contribution is 7.10. The van der Waals surface area contributed by atoms with Gasteiger partial charge in [0, 0.05) is 10.9 Å². The molecule has 20 heavy (non-hydrogen) atoms. The molecular formula is C13H13N3O3S. The minimum atomic E-state index is -0.602. The van der Waals surface area contributed by atoms with E-state index in [-0.39, 0.29) is 23.0 Å². The van der Waals surface area contributed by atoms with E-state index in [4.69, 9.17) is 5.73 Å². The van der Waals surface area contributed by atoms with Gasteiger partial charge in [-0.1, -0.05) is 12.1 Å². The summed E-state index contributed by atoms with van der Waals surface area (Å²) >= 11 is 1.53. The van der Waals surface area contributed by atoms with E-state index in [2.05, 4.69) is 5.32 Å². The van der Waals surface area contributed by atoms with Crippen molar-refractivity contribution in [1.29, 1.82) is 0 Å². The SMILES string of the molecule is CC(NC(=O)c1cccc([N+](=O)[O-])c1N)c1cccs1. The van der Waals surface area contributed by atoms with Gasteiger partial charge in [0.1, 0.15) is 5.69 Å². The summed E-state index contributed by atoms with van der Waals surface area (Å²) < 4.78 is 0. The molecular weight excluding hydrogens is 278 g/mol. The van der Waals surface area contributed by atoms with Crippen molar-refractivity contribution in [2.75, 3.05) is 5.73 Å². The van der Waals surface area contributed by atoms with Gasteiger partial charge in [0.15, 0.2) is 0 Å². The van der Waals surface area contributed by atoms with Gasteiger partial charge in [-0.15, -0.1) is 11.3 Å². The highest BCUT2D eigenvalue weighted by atomic mass is 32.1. The normalized spacial score (nSPS) is 11.8. The molecule has 3 N–H and O–H groups in total. The van der Waals surface area contributed by atoms with Crippen molar-refractivity contribution in [2.45, 2.75) is 13.0 Å². The monoisotopic (exact) mass is 291 g/mol. The largest absolute Gasteiger partial charge is 0.393 e. The fourth-order valence-electron chi connectivity index (χ4n) is 1.79. The summed E-state index contributed by atoms with van der Waals surface area (Å²) in [6, 6.07) is 7.81. The quantitative estimate of drug-likeness (QED) is 0.514. The van der Waals surface area contributed by atoms with Crippen LogP contribution in [0.4, 0.5) is 11.4 Å². The summed E-state index contributed by atoms with van der Waals surface area (Å²) in [6.45, 7) is 1.84. The van der Waals surface area contributed by atoms with Gasteiger partial charge in [0.2, 0.25) is 0 Å². The van der Waals surface area contributed by atoms with Crippen LogP contribution in [0.2, 0.25) is 0 Å². The second kappa shape index (κ2) is 5.70. The van der Waals surface area contributed by atoms with Crippen LogP contribution >= 0.6 is 11.3 Å². The van der Waals surface area contributed by atoms with Crippen molar-refractivity contribution in [3.8, 4) is 0 Å². The van der Waals surface area contributed by atoms with Gasteiger partial charge >= 0.3 is 0 Å². The number of nitro benzene ring substituents is 1. The first kappa shape index (κ1) is 14.0. The third-order valence-electron chi connectivity index (χ3n) is 2.84. The molecule has 104 valence electrons. The van der Waals surface area contributed by atoms with Gasteiger partial charge < -0.3 is 11.1 Å². The molecule has 0 saturated carbocycles. The van der Waals surface area contributed by atoms with Crippen LogP contribution in [-0.4, -0.2) is 10.8 Å². The molecule has 0 bridgehead atoms. The maximum absolute atomic E-state index is 12.1. The van der Waals surface area contributed by atoms with Crippen molar-refractivity contribution in [2.24, 2.45) is 0 Å². The summed E-state index contributed by atoms with van der Waals surface area (Å²) in [5.41, 5.74) is 5.41. The van der Waals surface area contributed by atoms with Crippen LogP contribution in [-0.2, 0) is 0 Å². The predicted octanol–water partition coefficient (Wildman–Crippen LogP) is 2.73. The molecule has 0 aliphatic heterocycles. The fraction of sp³-hybridized carbons (Fsp3) is 0.154. The zero-order chi connectivity index (χ0) is 14.7. The molecule has 7 heteroatoms. The van der Waals surface area contributed by atoms with Crippen molar-refractivity contribution in [3.63, 3.8) is 0 Å². The van der Waals surface area contributed by atoms with E-state index in [9.17, 15) is 14.9 Å². The van der Waals surface area contributed by atoms with Gasteiger partial charge in [-0.3, -0.25) is 14.9 Å². The molecule has 6 nitrogen and oxygen atoms in total. The fourth-order valence-corrected chi connectivity index (χ4v) is 2.53. The highest BCUT2D eigenvalue weighted by Crippen LogP contribution is 2.26. The Morgan fingerprint density at radius 2 is 2.15 bits per heavy atom. The lowest BCUT2D eigenvalue weighted by Gasteiger charge is -2.13. The second-order valence-corrected chi connectivity index (χ2v) is 5.19. The number of carbonyl (C=O) groups is 1. The van der Waals surface area contributed by atoms with E-state index in [1.54, 1.807) is 0 Å². The van der Waals surface area contributed by atoms with Crippen LogP contribution in [0.3, 0.4) is 0 Å². The number of carbonyl (C=O) groups excluding carboxylic acids is 1. The first-order valence-electron chi connectivity index (χ1n) is 5.88. The van der Waals surface area contributed by atoms with E-state index in [1.165, 1.54) is 29.5 Å². The minimum absolute atomic E-state index is 0.114. The number of para-hydroxylation sites is 1. The first-order chi connectivity index (χ1) is 9.50. The lowest BCUT2D eigenvalue weighted by Crippen LogP contribution is -2.27. The molecule has 0 aliphatic rings. The van der Waals surface area contributed by atoms with E-state index in [1.807, 2.05) is 24.4 Å². The van der Waals surface area contributed by atoms with Crippen LogP contribution in [0.15, 0.2) is 35.7 Å². The lowest BCUT2D eigenvalue weighted by atomic mass is 10.1. The van der Waals surface area contributed by atoms with Crippen molar-refractivity contribution < 1.29 is 9.72 Å². The number of hydrogen-bond acceptors (Lipinski definition) is 5. The third-order valence-corrected chi connectivity index (χ3v) is 3.90. The Kier molecular flexibility index (Phi) is 3.99. The number of nitrogens with zero attached hydrogens (tertiary/aromatic N) is 1. The van der Waals surface area contributed by atoms with Crippen LogP contribution < -0.4 is 11.1 Å². The molecule has 0 radical (unpaired) electrons. The number of nitrogens with one attached hydrogen (secondary N) is 1. The van der Waals surface area contributed by atoms with Crippen LogP contribution in [0.1, 0.15) is 28.2 Å². The first-order valence-corrected chi connectivity index (χ1v) is 6.76.